The Hall–Kier alpha value is -3.72. The van der Waals surface area contributed by atoms with E-state index in [0.717, 1.165) is 11.3 Å². The molecule has 4 rings (SSSR count). The number of nitrogens with one attached hydrogen (secondary N) is 1. The molecule has 1 N–H and O–H groups in total. The maximum Gasteiger partial charge on any atom is 0.234 e. The molecule has 4 aromatic rings. The van der Waals surface area contributed by atoms with Gasteiger partial charge in [0.2, 0.25) is 5.91 Å². The number of nitrogens with zero attached hydrogens (tertiary/aromatic N) is 4. The maximum atomic E-state index is 13.3. The topological polar surface area (TPSA) is 81.9 Å². The molecule has 0 unspecified atom stereocenters. The number of carbonyl (C=O) groups is 1. The number of ether oxygens (including phenoxy) is 1. The van der Waals surface area contributed by atoms with E-state index >= 15 is 0 Å². The van der Waals surface area contributed by atoms with E-state index in [2.05, 4.69) is 20.5 Å². The van der Waals surface area contributed by atoms with E-state index in [9.17, 15) is 9.18 Å². The van der Waals surface area contributed by atoms with Gasteiger partial charge in [0.25, 0.3) is 0 Å². The van der Waals surface area contributed by atoms with Crippen molar-refractivity contribution in [2.75, 3.05) is 18.2 Å². The van der Waals surface area contributed by atoms with E-state index in [1.165, 1.54) is 30.0 Å². The van der Waals surface area contributed by atoms with Crippen LogP contribution in [0.3, 0.4) is 0 Å². The normalized spacial score (nSPS) is 10.6. The molecule has 0 aliphatic carbocycles. The first-order valence-electron chi connectivity index (χ1n) is 9.33. The molecule has 0 fully saturated rings. The number of hydrogen-bond donors (Lipinski definition) is 1. The summed E-state index contributed by atoms with van der Waals surface area (Å²) in [6, 6.07) is 16.9. The van der Waals surface area contributed by atoms with Gasteiger partial charge in [-0.1, -0.05) is 30.0 Å². The highest BCUT2D eigenvalue weighted by Gasteiger charge is 2.20. The number of benzene rings is 2. The Kier molecular flexibility index (Phi) is 6.23. The summed E-state index contributed by atoms with van der Waals surface area (Å²) < 4.78 is 20.7. The van der Waals surface area contributed by atoms with Crippen LogP contribution in [0.2, 0.25) is 0 Å². The first-order chi connectivity index (χ1) is 15.2. The molecule has 9 heteroatoms. The van der Waals surface area contributed by atoms with Crippen LogP contribution in [0.5, 0.6) is 5.75 Å². The zero-order chi connectivity index (χ0) is 21.6. The fourth-order valence-corrected chi connectivity index (χ4v) is 3.72. The third-order valence-electron chi connectivity index (χ3n) is 4.32. The lowest BCUT2D eigenvalue weighted by Gasteiger charge is -2.13. The Balaban J connectivity index is 1.63. The number of pyridine rings is 1. The van der Waals surface area contributed by atoms with Crippen LogP contribution in [0.25, 0.3) is 17.1 Å². The lowest BCUT2D eigenvalue weighted by molar-refractivity contribution is -0.113. The van der Waals surface area contributed by atoms with Crippen molar-refractivity contribution in [2.45, 2.75) is 5.16 Å². The van der Waals surface area contributed by atoms with Crippen LogP contribution in [-0.2, 0) is 4.79 Å². The van der Waals surface area contributed by atoms with Gasteiger partial charge in [0.1, 0.15) is 11.6 Å². The number of aromatic nitrogens is 4. The van der Waals surface area contributed by atoms with Crippen LogP contribution in [-0.4, -0.2) is 38.5 Å². The van der Waals surface area contributed by atoms with Gasteiger partial charge in [-0.05, 0) is 42.5 Å². The van der Waals surface area contributed by atoms with Crippen LogP contribution < -0.4 is 10.1 Å². The highest BCUT2D eigenvalue weighted by Crippen LogP contribution is 2.32. The van der Waals surface area contributed by atoms with Crippen LogP contribution in [0, 0.1) is 5.82 Å². The minimum Gasteiger partial charge on any atom is -0.495 e. The molecule has 0 saturated heterocycles. The van der Waals surface area contributed by atoms with Crippen molar-refractivity contribution in [3.05, 3.63) is 78.9 Å². The summed E-state index contributed by atoms with van der Waals surface area (Å²) in [4.78, 5) is 16.6. The van der Waals surface area contributed by atoms with E-state index in [-0.39, 0.29) is 11.7 Å². The van der Waals surface area contributed by atoms with Gasteiger partial charge in [0.15, 0.2) is 11.0 Å². The van der Waals surface area contributed by atoms with Crippen molar-refractivity contribution in [1.82, 2.24) is 19.7 Å². The van der Waals surface area contributed by atoms with Crippen molar-refractivity contribution >= 4 is 23.4 Å². The fourth-order valence-electron chi connectivity index (χ4n) is 2.97. The summed E-state index contributed by atoms with van der Waals surface area (Å²) >= 11 is 1.22. The second-order valence-electron chi connectivity index (χ2n) is 6.40. The summed E-state index contributed by atoms with van der Waals surface area (Å²) in [6.45, 7) is 0. The molecule has 0 atom stereocenters. The Morgan fingerprint density at radius 2 is 2.00 bits per heavy atom. The number of amides is 1. The lowest BCUT2D eigenvalue weighted by atomic mass is 10.2. The van der Waals surface area contributed by atoms with E-state index in [1.807, 2.05) is 41.0 Å². The van der Waals surface area contributed by atoms with Crippen LogP contribution in [0.1, 0.15) is 0 Å². The number of para-hydroxylation sites is 2. The molecule has 156 valence electrons. The summed E-state index contributed by atoms with van der Waals surface area (Å²) in [6.07, 6.45) is 3.38. The average molecular weight is 435 g/mol. The second kappa shape index (κ2) is 9.40. The molecule has 0 saturated carbocycles. The van der Waals surface area contributed by atoms with Crippen molar-refractivity contribution < 1.29 is 13.9 Å². The minimum atomic E-state index is -0.414. The number of thioether (sulfide) groups is 1. The standard InChI is InChI=1S/C22H18FN5O2S/c1-30-19-10-3-2-9-18(19)28-21(15-6-5-11-24-13-15)26-27-22(28)31-14-20(29)25-17-8-4-7-16(23)12-17/h2-13H,14H2,1H3,(H,25,29). The summed E-state index contributed by atoms with van der Waals surface area (Å²) in [5, 5.41) is 11.8. The van der Waals surface area contributed by atoms with E-state index in [1.54, 1.807) is 25.6 Å². The van der Waals surface area contributed by atoms with Crippen LogP contribution in [0.4, 0.5) is 10.1 Å². The number of carbonyl (C=O) groups excluding carboxylic acids is 1. The quantitative estimate of drug-likeness (QED) is 0.438. The van der Waals surface area contributed by atoms with E-state index < -0.39 is 5.82 Å². The molecule has 2 aromatic carbocycles. The van der Waals surface area contributed by atoms with Crippen LogP contribution in [0.15, 0.2) is 78.2 Å². The highest BCUT2D eigenvalue weighted by atomic mass is 32.2. The zero-order valence-corrected chi connectivity index (χ0v) is 17.3. The van der Waals surface area contributed by atoms with Gasteiger partial charge >= 0.3 is 0 Å². The number of rotatable bonds is 7. The zero-order valence-electron chi connectivity index (χ0n) is 16.5. The Morgan fingerprint density at radius 3 is 2.77 bits per heavy atom. The molecule has 0 radical (unpaired) electrons. The Labute approximate surface area is 182 Å². The van der Waals surface area contributed by atoms with Crippen molar-refractivity contribution in [3.8, 4) is 22.8 Å². The molecule has 1 amide bonds. The third-order valence-corrected chi connectivity index (χ3v) is 5.25. The second-order valence-corrected chi connectivity index (χ2v) is 7.34. The average Bonchev–Trinajstić information content (AvgIpc) is 3.22. The van der Waals surface area contributed by atoms with Gasteiger partial charge in [-0.15, -0.1) is 10.2 Å². The monoisotopic (exact) mass is 435 g/mol. The Morgan fingerprint density at radius 1 is 1.13 bits per heavy atom. The van der Waals surface area contributed by atoms with E-state index in [0.29, 0.717) is 22.4 Å². The van der Waals surface area contributed by atoms with Gasteiger partial charge in [-0.25, -0.2) is 4.39 Å². The van der Waals surface area contributed by atoms with Gasteiger partial charge in [0, 0.05) is 23.6 Å². The molecule has 0 aliphatic rings. The molecule has 31 heavy (non-hydrogen) atoms. The molecular weight excluding hydrogens is 417 g/mol. The first kappa shape index (κ1) is 20.5. The number of methoxy groups -OCH3 is 1. The van der Waals surface area contributed by atoms with Crippen molar-refractivity contribution in [3.63, 3.8) is 0 Å². The third kappa shape index (κ3) is 4.72. The number of hydrogen-bond acceptors (Lipinski definition) is 6. The van der Waals surface area contributed by atoms with Gasteiger partial charge in [-0.3, -0.25) is 14.3 Å². The van der Waals surface area contributed by atoms with Crippen molar-refractivity contribution in [1.29, 1.82) is 0 Å². The van der Waals surface area contributed by atoms with Gasteiger partial charge in [-0.2, -0.15) is 0 Å². The predicted octanol–water partition coefficient (Wildman–Crippen LogP) is 4.21. The molecular formula is C22H18FN5O2S. The van der Waals surface area contributed by atoms with Crippen LogP contribution >= 0.6 is 11.8 Å². The fraction of sp³-hybridized carbons (Fsp3) is 0.0909. The Bertz CT molecular complexity index is 1200. The summed E-state index contributed by atoms with van der Waals surface area (Å²) in [5.41, 5.74) is 1.91. The SMILES string of the molecule is COc1ccccc1-n1c(SCC(=O)Nc2cccc(F)c2)nnc1-c1cccnc1. The molecule has 2 heterocycles. The molecule has 0 bridgehead atoms. The van der Waals surface area contributed by atoms with Gasteiger partial charge < -0.3 is 10.1 Å². The summed E-state index contributed by atoms with van der Waals surface area (Å²) in [7, 11) is 1.59. The van der Waals surface area contributed by atoms with Gasteiger partial charge in [0.05, 0.1) is 18.6 Å². The van der Waals surface area contributed by atoms with Crippen molar-refractivity contribution in [2.24, 2.45) is 0 Å². The minimum absolute atomic E-state index is 0.0663. The highest BCUT2D eigenvalue weighted by molar-refractivity contribution is 7.99. The molecule has 0 aliphatic heterocycles. The smallest absolute Gasteiger partial charge is 0.234 e. The lowest BCUT2D eigenvalue weighted by Crippen LogP contribution is -2.14. The maximum absolute atomic E-state index is 13.3. The largest absolute Gasteiger partial charge is 0.495 e. The first-order valence-corrected chi connectivity index (χ1v) is 10.3. The van der Waals surface area contributed by atoms with E-state index in [4.69, 9.17) is 4.74 Å². The molecule has 0 spiro atoms. The predicted molar refractivity (Wildman–Crippen MR) is 117 cm³/mol. The molecule has 7 nitrogen and oxygen atoms in total. The number of anilines is 1. The number of halogens is 1. The summed E-state index contributed by atoms with van der Waals surface area (Å²) in [5.74, 6) is 0.580. The molecule has 2 aromatic heterocycles.